The highest BCUT2D eigenvalue weighted by Crippen LogP contribution is 1.97. The maximum absolute atomic E-state index is 11.8. The normalized spacial score (nSPS) is 13.4. The van der Waals surface area contributed by atoms with Gasteiger partial charge in [0.25, 0.3) is 6.43 Å². The summed E-state index contributed by atoms with van der Waals surface area (Å²) in [5, 5.41) is 11.2. The smallest absolute Gasteiger partial charge is 0.330 e. The predicted octanol–water partition coefficient (Wildman–Crippen LogP) is 0.321. The number of hydrogen-bond acceptors (Lipinski definition) is 4. The number of halogens is 2. The number of ether oxygens (including phenoxy) is 1. The minimum atomic E-state index is -2.76. The Hall–Kier alpha value is -1.01. The lowest BCUT2D eigenvalue weighted by Crippen LogP contribution is -2.32. The Bertz CT molecular complexity index is 210. The van der Waals surface area contributed by atoms with Crippen molar-refractivity contribution < 1.29 is 23.4 Å². The Morgan fingerprint density at radius 3 is 2.80 bits per heavy atom. The molecule has 0 saturated carbocycles. The molecular formula is C9H15F2NO3. The molecule has 0 saturated heterocycles. The quantitative estimate of drug-likeness (QED) is 0.371. The fraction of sp³-hybridized carbons (Fsp3) is 0.667. The van der Waals surface area contributed by atoms with Crippen molar-refractivity contribution in [2.75, 3.05) is 19.7 Å². The van der Waals surface area contributed by atoms with E-state index in [2.05, 4.69) is 10.1 Å². The van der Waals surface area contributed by atoms with Gasteiger partial charge in [-0.1, -0.05) is 6.08 Å². The van der Waals surface area contributed by atoms with Crippen LogP contribution in [-0.4, -0.2) is 43.3 Å². The second-order valence-corrected chi connectivity index (χ2v) is 2.71. The highest BCUT2D eigenvalue weighted by molar-refractivity contribution is 5.81. The van der Waals surface area contributed by atoms with Crippen LogP contribution in [0.25, 0.3) is 0 Å². The molecule has 0 aliphatic heterocycles. The maximum atomic E-state index is 11.8. The molecule has 0 rings (SSSR count). The van der Waals surface area contributed by atoms with Crippen molar-refractivity contribution in [3.8, 4) is 0 Å². The number of rotatable bonds is 7. The van der Waals surface area contributed by atoms with Gasteiger partial charge in [0.15, 0.2) is 0 Å². The molecular weight excluding hydrogens is 208 g/mol. The van der Waals surface area contributed by atoms with E-state index in [4.69, 9.17) is 5.11 Å². The van der Waals surface area contributed by atoms with E-state index in [1.54, 1.807) is 6.92 Å². The molecule has 2 N–H and O–H groups in total. The number of hydrogen-bond donors (Lipinski definition) is 2. The van der Waals surface area contributed by atoms with Gasteiger partial charge < -0.3 is 15.2 Å². The van der Waals surface area contributed by atoms with Gasteiger partial charge in [-0.3, -0.25) is 0 Å². The number of carbonyl (C=O) groups excluding carboxylic acids is 1. The van der Waals surface area contributed by atoms with Crippen LogP contribution in [0.4, 0.5) is 8.78 Å². The molecule has 6 heteroatoms. The molecule has 0 aromatic heterocycles. The summed E-state index contributed by atoms with van der Waals surface area (Å²) in [5.74, 6) is -0.478. The average Bonchev–Trinajstić information content (AvgIpc) is 2.17. The van der Waals surface area contributed by atoms with Crippen molar-refractivity contribution in [1.29, 1.82) is 0 Å². The van der Waals surface area contributed by atoms with Gasteiger partial charge in [-0.05, 0) is 6.92 Å². The molecule has 0 heterocycles. The predicted molar refractivity (Wildman–Crippen MR) is 50.7 cm³/mol. The summed E-state index contributed by atoms with van der Waals surface area (Å²) in [7, 11) is 0. The number of esters is 1. The topological polar surface area (TPSA) is 58.6 Å². The minimum Gasteiger partial charge on any atom is -0.463 e. The summed E-state index contributed by atoms with van der Waals surface area (Å²) < 4.78 is 28.2. The first-order chi connectivity index (χ1) is 7.07. The van der Waals surface area contributed by atoms with Crippen molar-refractivity contribution in [2.24, 2.45) is 0 Å². The lowest BCUT2D eigenvalue weighted by atomic mass is 10.3. The molecule has 15 heavy (non-hydrogen) atoms. The number of carbonyl (C=O) groups is 1. The van der Waals surface area contributed by atoms with Crippen molar-refractivity contribution >= 4 is 5.97 Å². The molecule has 88 valence electrons. The first-order valence-electron chi connectivity index (χ1n) is 4.58. The number of alkyl halides is 2. The molecule has 0 fully saturated rings. The van der Waals surface area contributed by atoms with Gasteiger partial charge in [-0.2, -0.15) is 0 Å². The minimum absolute atomic E-state index is 0.217. The van der Waals surface area contributed by atoms with Crippen LogP contribution in [0.2, 0.25) is 0 Å². The molecule has 0 radical (unpaired) electrons. The molecule has 0 aromatic carbocycles. The zero-order valence-electron chi connectivity index (χ0n) is 8.45. The van der Waals surface area contributed by atoms with Crippen LogP contribution in [0.3, 0.4) is 0 Å². The van der Waals surface area contributed by atoms with E-state index in [1.807, 2.05) is 0 Å². The molecule has 1 atom stereocenters. The third-order valence-electron chi connectivity index (χ3n) is 1.45. The average molecular weight is 223 g/mol. The van der Waals surface area contributed by atoms with Gasteiger partial charge in [0.05, 0.1) is 6.61 Å². The molecule has 0 amide bonds. The van der Waals surface area contributed by atoms with Crippen LogP contribution in [0.1, 0.15) is 6.92 Å². The van der Waals surface area contributed by atoms with Crippen molar-refractivity contribution in [3.63, 3.8) is 0 Å². The van der Waals surface area contributed by atoms with Crippen LogP contribution in [0.15, 0.2) is 12.2 Å². The van der Waals surface area contributed by atoms with Crippen LogP contribution in [-0.2, 0) is 9.53 Å². The van der Waals surface area contributed by atoms with Crippen molar-refractivity contribution in [1.82, 2.24) is 5.32 Å². The van der Waals surface area contributed by atoms with E-state index in [0.717, 1.165) is 0 Å². The van der Waals surface area contributed by atoms with E-state index in [9.17, 15) is 13.6 Å². The van der Waals surface area contributed by atoms with Crippen LogP contribution >= 0.6 is 0 Å². The Kier molecular flexibility index (Phi) is 7.75. The molecule has 0 aromatic rings. The van der Waals surface area contributed by atoms with Gasteiger partial charge in [0, 0.05) is 19.2 Å². The summed E-state index contributed by atoms with van der Waals surface area (Å²) in [6.45, 7) is 1.98. The summed E-state index contributed by atoms with van der Waals surface area (Å²) in [4.78, 5) is 10.7. The molecule has 0 bridgehead atoms. The van der Waals surface area contributed by atoms with E-state index < -0.39 is 18.5 Å². The Labute approximate surface area is 86.9 Å². The second-order valence-electron chi connectivity index (χ2n) is 2.71. The van der Waals surface area contributed by atoms with Gasteiger partial charge in [0.2, 0.25) is 0 Å². The number of aliphatic hydroxyl groups excluding tert-OH is 1. The standard InChI is InChI=1S/C9H15F2NO3/c1-2-15-8(14)4-3-5-12-6-7(13)9(10)11/h3-4,7,9,12-13H,2,5-6H2,1H3/b4-3+. The van der Waals surface area contributed by atoms with Crippen molar-refractivity contribution in [3.05, 3.63) is 12.2 Å². The van der Waals surface area contributed by atoms with E-state index in [-0.39, 0.29) is 13.1 Å². The SMILES string of the molecule is CCOC(=O)/C=C/CNCC(O)C(F)F. The van der Waals surface area contributed by atoms with E-state index in [0.29, 0.717) is 6.61 Å². The summed E-state index contributed by atoms with van der Waals surface area (Å²) in [6, 6.07) is 0. The van der Waals surface area contributed by atoms with E-state index >= 15 is 0 Å². The number of nitrogens with one attached hydrogen (secondary N) is 1. The number of aliphatic hydroxyl groups is 1. The molecule has 0 aliphatic carbocycles. The summed E-state index contributed by atoms with van der Waals surface area (Å²) in [6.07, 6.45) is -1.80. The summed E-state index contributed by atoms with van der Waals surface area (Å²) >= 11 is 0. The first kappa shape index (κ1) is 14.0. The molecule has 0 aliphatic rings. The van der Waals surface area contributed by atoms with Crippen LogP contribution < -0.4 is 5.32 Å². The highest BCUT2D eigenvalue weighted by atomic mass is 19.3. The van der Waals surface area contributed by atoms with E-state index in [1.165, 1.54) is 12.2 Å². The van der Waals surface area contributed by atoms with Crippen LogP contribution in [0.5, 0.6) is 0 Å². The zero-order chi connectivity index (χ0) is 11.7. The van der Waals surface area contributed by atoms with Crippen molar-refractivity contribution in [2.45, 2.75) is 19.5 Å². The fourth-order valence-electron chi connectivity index (χ4n) is 0.749. The fourth-order valence-corrected chi connectivity index (χ4v) is 0.749. The maximum Gasteiger partial charge on any atom is 0.330 e. The highest BCUT2D eigenvalue weighted by Gasteiger charge is 2.14. The molecule has 0 spiro atoms. The third kappa shape index (κ3) is 8.02. The summed E-state index contributed by atoms with van der Waals surface area (Å²) in [5.41, 5.74) is 0. The lowest BCUT2D eigenvalue weighted by Gasteiger charge is -2.08. The van der Waals surface area contributed by atoms with Gasteiger partial charge in [0.1, 0.15) is 6.10 Å². The molecule has 1 unspecified atom stereocenters. The Morgan fingerprint density at radius 1 is 1.60 bits per heavy atom. The van der Waals surface area contributed by atoms with Gasteiger partial charge in [-0.25, -0.2) is 13.6 Å². The molecule has 4 nitrogen and oxygen atoms in total. The monoisotopic (exact) mass is 223 g/mol. The zero-order valence-corrected chi connectivity index (χ0v) is 8.45. The lowest BCUT2D eigenvalue weighted by molar-refractivity contribution is -0.137. The second kappa shape index (κ2) is 8.31. The largest absolute Gasteiger partial charge is 0.463 e. The Balaban J connectivity index is 3.49. The first-order valence-corrected chi connectivity index (χ1v) is 4.58. The van der Waals surface area contributed by atoms with Gasteiger partial charge >= 0.3 is 5.97 Å². The van der Waals surface area contributed by atoms with Crippen LogP contribution in [0, 0.1) is 0 Å². The Morgan fingerprint density at radius 2 is 2.27 bits per heavy atom. The third-order valence-corrected chi connectivity index (χ3v) is 1.45. The van der Waals surface area contributed by atoms with Gasteiger partial charge in [-0.15, -0.1) is 0 Å².